The van der Waals surface area contributed by atoms with E-state index in [0.29, 0.717) is 5.57 Å². The monoisotopic (exact) mass is 267 g/mol. The number of aliphatic carboxylic acids is 1. The number of benzene rings is 1. The number of rotatable bonds is 5. The van der Waals surface area contributed by atoms with Crippen LogP contribution in [0.5, 0.6) is 0 Å². The zero-order valence-corrected chi connectivity index (χ0v) is 10.7. The number of carboxylic acids is 1. The average molecular weight is 268 g/mol. The first kappa shape index (κ1) is 14.3. The minimum Gasteiger partial charge on any atom is -0.480 e. The zero-order chi connectivity index (χ0) is 13.7. The highest BCUT2D eigenvalue weighted by molar-refractivity contribution is 6.33. The number of amides is 1. The summed E-state index contributed by atoms with van der Waals surface area (Å²) in [4.78, 5) is 22.9. The minimum atomic E-state index is -1.10. The van der Waals surface area contributed by atoms with Crippen LogP contribution in [0.15, 0.2) is 36.4 Å². The second-order valence-electron chi connectivity index (χ2n) is 4.01. The van der Waals surface area contributed by atoms with Gasteiger partial charge < -0.3 is 10.4 Å². The van der Waals surface area contributed by atoms with Crippen LogP contribution in [0.3, 0.4) is 0 Å². The van der Waals surface area contributed by atoms with Crippen LogP contribution in [0, 0.1) is 0 Å². The first-order valence-electron chi connectivity index (χ1n) is 5.34. The average Bonchev–Trinajstić information content (AvgIpc) is 2.27. The van der Waals surface area contributed by atoms with E-state index in [0.717, 1.165) is 0 Å². The SMILES string of the molecule is C=C(C)C[C@H](NC(=O)c1ccccc1Cl)C(=O)O. The molecule has 0 unspecified atom stereocenters. The number of carbonyl (C=O) groups excluding carboxylic acids is 1. The van der Waals surface area contributed by atoms with Gasteiger partial charge in [-0.1, -0.05) is 29.3 Å². The Labute approximate surface area is 110 Å². The number of hydrogen-bond acceptors (Lipinski definition) is 2. The number of carbonyl (C=O) groups is 2. The summed E-state index contributed by atoms with van der Waals surface area (Å²) in [5.74, 6) is -1.60. The third-order valence-electron chi connectivity index (χ3n) is 2.27. The lowest BCUT2D eigenvalue weighted by atomic mass is 10.1. The Balaban J connectivity index is 2.82. The molecule has 4 nitrogen and oxygen atoms in total. The van der Waals surface area contributed by atoms with Crippen molar-refractivity contribution in [1.82, 2.24) is 5.32 Å². The molecule has 0 fully saturated rings. The second kappa shape index (κ2) is 6.21. The Morgan fingerprint density at radius 2 is 2.06 bits per heavy atom. The quantitative estimate of drug-likeness (QED) is 0.806. The van der Waals surface area contributed by atoms with Crippen LogP contribution in [-0.4, -0.2) is 23.0 Å². The molecule has 1 aromatic rings. The van der Waals surface area contributed by atoms with E-state index < -0.39 is 17.9 Å². The molecule has 0 spiro atoms. The van der Waals surface area contributed by atoms with Crippen LogP contribution in [0.2, 0.25) is 5.02 Å². The molecule has 96 valence electrons. The van der Waals surface area contributed by atoms with Crippen LogP contribution >= 0.6 is 11.6 Å². The topological polar surface area (TPSA) is 66.4 Å². The molecule has 0 aromatic heterocycles. The summed E-state index contributed by atoms with van der Waals surface area (Å²) in [6, 6.07) is 5.48. The molecule has 0 radical (unpaired) electrons. The number of halogens is 1. The van der Waals surface area contributed by atoms with E-state index in [1.807, 2.05) is 0 Å². The molecule has 5 heteroatoms. The molecular weight excluding hydrogens is 254 g/mol. The summed E-state index contributed by atoms with van der Waals surface area (Å²) in [5, 5.41) is 11.7. The van der Waals surface area contributed by atoms with Crippen LogP contribution in [0.4, 0.5) is 0 Å². The van der Waals surface area contributed by atoms with Crippen molar-refractivity contribution >= 4 is 23.5 Å². The van der Waals surface area contributed by atoms with Gasteiger partial charge in [0.1, 0.15) is 6.04 Å². The van der Waals surface area contributed by atoms with Crippen molar-refractivity contribution in [2.75, 3.05) is 0 Å². The van der Waals surface area contributed by atoms with Crippen LogP contribution in [0.1, 0.15) is 23.7 Å². The van der Waals surface area contributed by atoms with E-state index >= 15 is 0 Å². The van der Waals surface area contributed by atoms with Gasteiger partial charge in [0.25, 0.3) is 5.91 Å². The Bertz CT molecular complexity index is 485. The van der Waals surface area contributed by atoms with Crippen molar-refractivity contribution in [2.24, 2.45) is 0 Å². The van der Waals surface area contributed by atoms with E-state index in [1.165, 1.54) is 6.07 Å². The Hall–Kier alpha value is -1.81. The molecule has 0 heterocycles. The first-order valence-corrected chi connectivity index (χ1v) is 5.72. The van der Waals surface area contributed by atoms with Gasteiger partial charge in [0, 0.05) is 0 Å². The summed E-state index contributed by atoms with van der Waals surface area (Å²) in [6.45, 7) is 5.34. The highest BCUT2D eigenvalue weighted by atomic mass is 35.5. The van der Waals surface area contributed by atoms with Crippen molar-refractivity contribution in [3.63, 3.8) is 0 Å². The molecule has 18 heavy (non-hydrogen) atoms. The van der Waals surface area contributed by atoms with E-state index in [1.54, 1.807) is 25.1 Å². The highest BCUT2D eigenvalue weighted by Crippen LogP contribution is 2.15. The second-order valence-corrected chi connectivity index (χ2v) is 4.41. The summed E-state index contributed by atoms with van der Waals surface area (Å²) < 4.78 is 0. The predicted molar refractivity (Wildman–Crippen MR) is 69.8 cm³/mol. The van der Waals surface area contributed by atoms with Crippen LogP contribution in [0.25, 0.3) is 0 Å². The normalized spacial score (nSPS) is 11.7. The fourth-order valence-corrected chi connectivity index (χ4v) is 1.65. The van der Waals surface area contributed by atoms with Gasteiger partial charge in [-0.25, -0.2) is 4.79 Å². The number of nitrogens with one attached hydrogen (secondary N) is 1. The van der Waals surface area contributed by atoms with E-state index in [9.17, 15) is 9.59 Å². The smallest absolute Gasteiger partial charge is 0.326 e. The predicted octanol–water partition coefficient (Wildman–Crippen LogP) is 2.49. The third-order valence-corrected chi connectivity index (χ3v) is 2.60. The standard InChI is InChI=1S/C13H14ClNO3/c1-8(2)7-11(13(17)18)15-12(16)9-5-3-4-6-10(9)14/h3-6,11H,1,7H2,2H3,(H,15,16)(H,17,18)/t11-/m0/s1. The summed E-state index contributed by atoms with van der Waals surface area (Å²) in [6.07, 6.45) is 0.186. The van der Waals surface area contributed by atoms with Gasteiger partial charge in [-0.3, -0.25) is 4.79 Å². The van der Waals surface area contributed by atoms with Crippen molar-refractivity contribution in [1.29, 1.82) is 0 Å². The number of hydrogen-bond donors (Lipinski definition) is 2. The van der Waals surface area contributed by atoms with E-state index in [4.69, 9.17) is 16.7 Å². The maximum atomic E-state index is 11.9. The van der Waals surface area contributed by atoms with Crippen LogP contribution in [-0.2, 0) is 4.79 Å². The van der Waals surface area contributed by atoms with Gasteiger partial charge in [-0.15, -0.1) is 6.58 Å². The molecule has 2 N–H and O–H groups in total. The lowest BCUT2D eigenvalue weighted by Gasteiger charge is -2.14. The summed E-state index contributed by atoms with van der Waals surface area (Å²) in [7, 11) is 0. The Kier molecular flexibility index (Phi) is 4.92. The molecule has 0 aliphatic rings. The largest absolute Gasteiger partial charge is 0.480 e. The van der Waals surface area contributed by atoms with Crippen molar-refractivity contribution in [3.8, 4) is 0 Å². The van der Waals surface area contributed by atoms with Gasteiger partial charge in [0.15, 0.2) is 0 Å². The van der Waals surface area contributed by atoms with Gasteiger partial charge in [0.05, 0.1) is 10.6 Å². The third kappa shape index (κ3) is 3.89. The van der Waals surface area contributed by atoms with Crippen molar-refractivity contribution in [3.05, 3.63) is 47.0 Å². The molecule has 0 bridgehead atoms. The lowest BCUT2D eigenvalue weighted by molar-refractivity contribution is -0.139. The van der Waals surface area contributed by atoms with Crippen LogP contribution < -0.4 is 5.32 Å². The maximum absolute atomic E-state index is 11.9. The first-order chi connectivity index (χ1) is 8.41. The van der Waals surface area contributed by atoms with Gasteiger partial charge >= 0.3 is 5.97 Å². The molecule has 0 saturated heterocycles. The Morgan fingerprint density at radius 3 is 2.56 bits per heavy atom. The molecule has 1 aromatic carbocycles. The van der Waals surface area contributed by atoms with Crippen molar-refractivity contribution in [2.45, 2.75) is 19.4 Å². The van der Waals surface area contributed by atoms with Gasteiger partial charge in [0.2, 0.25) is 0 Å². The molecule has 0 aliphatic heterocycles. The zero-order valence-electron chi connectivity index (χ0n) is 9.94. The fraction of sp³-hybridized carbons (Fsp3) is 0.231. The highest BCUT2D eigenvalue weighted by Gasteiger charge is 2.21. The molecular formula is C13H14ClNO3. The van der Waals surface area contributed by atoms with Gasteiger partial charge in [-0.05, 0) is 25.5 Å². The fourth-order valence-electron chi connectivity index (χ4n) is 1.43. The minimum absolute atomic E-state index is 0.186. The maximum Gasteiger partial charge on any atom is 0.326 e. The summed E-state index contributed by atoms with van der Waals surface area (Å²) >= 11 is 5.86. The van der Waals surface area contributed by atoms with Gasteiger partial charge in [-0.2, -0.15) is 0 Å². The summed E-state index contributed by atoms with van der Waals surface area (Å²) in [5.41, 5.74) is 0.939. The van der Waals surface area contributed by atoms with Crippen molar-refractivity contribution < 1.29 is 14.7 Å². The molecule has 1 atom stereocenters. The van der Waals surface area contributed by atoms with E-state index in [-0.39, 0.29) is 17.0 Å². The molecule has 0 aliphatic carbocycles. The molecule has 1 rings (SSSR count). The lowest BCUT2D eigenvalue weighted by Crippen LogP contribution is -2.41. The number of carboxylic acid groups (broad SMARTS) is 1. The Morgan fingerprint density at radius 1 is 1.44 bits per heavy atom. The molecule has 1 amide bonds. The van der Waals surface area contributed by atoms with E-state index in [2.05, 4.69) is 11.9 Å². The molecule has 0 saturated carbocycles.